The second kappa shape index (κ2) is 6.86. The maximum atomic E-state index is 12.7. The van der Waals surface area contributed by atoms with Crippen LogP contribution in [0.3, 0.4) is 0 Å². The summed E-state index contributed by atoms with van der Waals surface area (Å²) in [6, 6.07) is 7.68. The van der Waals surface area contributed by atoms with Crippen LogP contribution in [0, 0.1) is 5.92 Å². The topological polar surface area (TPSA) is 66.8 Å². The summed E-state index contributed by atoms with van der Waals surface area (Å²) in [7, 11) is 0. The van der Waals surface area contributed by atoms with E-state index in [4.69, 9.17) is 9.84 Å². The predicted molar refractivity (Wildman–Crippen MR) is 86.1 cm³/mol. The minimum atomic E-state index is -0.770. The van der Waals surface area contributed by atoms with Gasteiger partial charge in [0.2, 0.25) is 0 Å². The number of ether oxygens (including phenoxy) is 1. The molecule has 1 atom stereocenters. The van der Waals surface area contributed by atoms with E-state index in [1.165, 1.54) is 0 Å². The molecule has 2 aliphatic heterocycles. The Balaban J connectivity index is 1.66. The minimum Gasteiger partial charge on any atom is -0.488 e. The van der Waals surface area contributed by atoms with Crippen LogP contribution in [0.5, 0.6) is 5.75 Å². The van der Waals surface area contributed by atoms with Gasteiger partial charge in [-0.15, -0.1) is 0 Å². The molecular weight excluding hydrogens is 294 g/mol. The summed E-state index contributed by atoms with van der Waals surface area (Å²) in [6.45, 7) is 1.68. The Morgan fingerprint density at radius 3 is 2.96 bits per heavy atom. The predicted octanol–water partition coefficient (Wildman–Crippen LogP) is 2.57. The summed E-state index contributed by atoms with van der Waals surface area (Å²) in [6.07, 6.45) is 4.64. The average Bonchev–Trinajstić information content (AvgIpc) is 2.59. The van der Waals surface area contributed by atoms with Gasteiger partial charge in [-0.2, -0.15) is 0 Å². The number of rotatable bonds is 4. The van der Waals surface area contributed by atoms with Crippen LogP contribution < -0.4 is 4.74 Å². The van der Waals surface area contributed by atoms with Gasteiger partial charge in [-0.25, -0.2) is 0 Å². The van der Waals surface area contributed by atoms with Gasteiger partial charge in [0.25, 0.3) is 5.91 Å². The largest absolute Gasteiger partial charge is 0.488 e. The third-order valence-electron chi connectivity index (χ3n) is 4.48. The highest BCUT2D eigenvalue weighted by Gasteiger charge is 2.27. The van der Waals surface area contributed by atoms with Crippen LogP contribution >= 0.6 is 0 Å². The lowest BCUT2D eigenvalue weighted by Crippen LogP contribution is -2.41. The first-order valence-corrected chi connectivity index (χ1v) is 8.07. The third kappa shape index (κ3) is 3.73. The minimum absolute atomic E-state index is 0.0135. The lowest BCUT2D eigenvalue weighted by molar-refractivity contribution is -0.137. The lowest BCUT2D eigenvalue weighted by atomic mass is 9.93. The van der Waals surface area contributed by atoms with Crippen molar-refractivity contribution in [3.05, 3.63) is 35.4 Å². The summed E-state index contributed by atoms with van der Waals surface area (Å²) < 4.78 is 5.66. The zero-order chi connectivity index (χ0) is 16.2. The normalized spacial score (nSPS) is 20.3. The zero-order valence-corrected chi connectivity index (χ0v) is 13.0. The summed E-state index contributed by atoms with van der Waals surface area (Å²) in [5, 5.41) is 8.81. The van der Waals surface area contributed by atoms with Crippen molar-refractivity contribution < 1.29 is 19.4 Å². The molecule has 0 spiro atoms. The quantitative estimate of drug-likeness (QED) is 0.927. The molecule has 1 unspecified atom stereocenters. The molecule has 5 heteroatoms. The summed E-state index contributed by atoms with van der Waals surface area (Å²) in [5.74, 6) is 0.330. The number of carboxylic acids is 1. The number of hydrogen-bond donors (Lipinski definition) is 1. The summed E-state index contributed by atoms with van der Waals surface area (Å²) >= 11 is 0. The molecule has 1 aromatic carbocycles. The molecule has 0 saturated carbocycles. The summed E-state index contributed by atoms with van der Waals surface area (Å²) in [4.78, 5) is 25.3. The van der Waals surface area contributed by atoms with Crippen molar-refractivity contribution in [1.29, 1.82) is 0 Å². The maximum Gasteiger partial charge on any atom is 0.303 e. The molecule has 1 N–H and O–H groups in total. The Labute approximate surface area is 135 Å². The van der Waals surface area contributed by atoms with E-state index in [0.29, 0.717) is 25.1 Å². The number of piperidine rings is 1. The first-order chi connectivity index (χ1) is 11.1. The molecule has 0 bridgehead atoms. The van der Waals surface area contributed by atoms with Gasteiger partial charge in [0.1, 0.15) is 12.4 Å². The van der Waals surface area contributed by atoms with E-state index in [0.717, 1.165) is 30.7 Å². The molecule has 2 heterocycles. The standard InChI is InChI=1S/C18H21NO4/c20-17(21)8-7-13-4-3-9-19(11-13)18(22)15-10-14-5-1-2-6-16(14)23-12-15/h1-2,5-6,10,13H,3-4,7-9,11-12H2,(H,20,21). The molecular formula is C18H21NO4. The fourth-order valence-electron chi connectivity index (χ4n) is 3.26. The summed E-state index contributed by atoms with van der Waals surface area (Å²) in [5.41, 5.74) is 1.60. The van der Waals surface area contributed by atoms with Crippen molar-refractivity contribution in [2.24, 2.45) is 5.92 Å². The van der Waals surface area contributed by atoms with Crippen LogP contribution in [0.1, 0.15) is 31.2 Å². The van der Waals surface area contributed by atoms with Crippen LogP contribution in [0.2, 0.25) is 0 Å². The van der Waals surface area contributed by atoms with Gasteiger partial charge in [-0.05, 0) is 37.3 Å². The van der Waals surface area contributed by atoms with E-state index in [2.05, 4.69) is 0 Å². The fraction of sp³-hybridized carbons (Fsp3) is 0.444. The zero-order valence-electron chi connectivity index (χ0n) is 13.0. The number of amides is 1. The number of aliphatic carboxylic acids is 1. The number of carbonyl (C=O) groups excluding carboxylic acids is 1. The number of para-hydroxylation sites is 1. The van der Waals surface area contributed by atoms with Crippen molar-refractivity contribution in [3.8, 4) is 5.75 Å². The van der Waals surface area contributed by atoms with Crippen molar-refractivity contribution in [2.45, 2.75) is 25.7 Å². The second-order valence-corrected chi connectivity index (χ2v) is 6.19. The van der Waals surface area contributed by atoms with Crippen LogP contribution in [0.15, 0.2) is 29.8 Å². The van der Waals surface area contributed by atoms with E-state index in [1.54, 1.807) is 0 Å². The van der Waals surface area contributed by atoms with E-state index in [-0.39, 0.29) is 18.2 Å². The molecule has 1 saturated heterocycles. The van der Waals surface area contributed by atoms with E-state index < -0.39 is 5.97 Å². The van der Waals surface area contributed by atoms with Crippen molar-refractivity contribution >= 4 is 18.0 Å². The Hall–Kier alpha value is -2.30. The lowest BCUT2D eigenvalue weighted by Gasteiger charge is -2.33. The highest BCUT2D eigenvalue weighted by molar-refractivity contribution is 5.99. The van der Waals surface area contributed by atoms with Crippen LogP contribution in [0.25, 0.3) is 6.08 Å². The molecule has 3 rings (SSSR count). The Kier molecular flexibility index (Phi) is 4.65. The number of nitrogens with zero attached hydrogens (tertiary/aromatic N) is 1. The smallest absolute Gasteiger partial charge is 0.303 e. The Morgan fingerprint density at radius 1 is 1.30 bits per heavy atom. The number of likely N-dealkylation sites (tertiary alicyclic amines) is 1. The molecule has 122 valence electrons. The average molecular weight is 315 g/mol. The van der Waals surface area contributed by atoms with Crippen molar-refractivity contribution in [1.82, 2.24) is 4.90 Å². The Bertz CT molecular complexity index is 638. The molecule has 23 heavy (non-hydrogen) atoms. The second-order valence-electron chi connectivity index (χ2n) is 6.19. The van der Waals surface area contributed by atoms with Gasteiger partial charge in [0.05, 0.1) is 5.57 Å². The van der Waals surface area contributed by atoms with Gasteiger partial charge in [0.15, 0.2) is 0 Å². The molecule has 5 nitrogen and oxygen atoms in total. The van der Waals surface area contributed by atoms with Crippen LogP contribution in [-0.4, -0.2) is 41.6 Å². The van der Waals surface area contributed by atoms with Gasteiger partial charge in [-0.1, -0.05) is 18.2 Å². The molecule has 1 aromatic rings. The van der Waals surface area contributed by atoms with Crippen LogP contribution in [0.4, 0.5) is 0 Å². The van der Waals surface area contributed by atoms with Crippen LogP contribution in [-0.2, 0) is 9.59 Å². The number of benzene rings is 1. The fourth-order valence-corrected chi connectivity index (χ4v) is 3.26. The number of carboxylic acid groups (broad SMARTS) is 1. The first kappa shape index (κ1) is 15.6. The molecule has 1 amide bonds. The molecule has 1 fully saturated rings. The molecule has 0 aromatic heterocycles. The van der Waals surface area contributed by atoms with Crippen molar-refractivity contribution in [3.63, 3.8) is 0 Å². The van der Waals surface area contributed by atoms with Gasteiger partial charge < -0.3 is 14.7 Å². The van der Waals surface area contributed by atoms with Gasteiger partial charge in [0, 0.05) is 25.1 Å². The van der Waals surface area contributed by atoms with E-state index in [1.807, 2.05) is 35.2 Å². The number of hydrogen-bond acceptors (Lipinski definition) is 3. The molecule has 2 aliphatic rings. The first-order valence-electron chi connectivity index (χ1n) is 8.07. The highest BCUT2D eigenvalue weighted by Crippen LogP contribution is 2.28. The maximum absolute atomic E-state index is 12.7. The SMILES string of the molecule is O=C(O)CCC1CCCN(C(=O)C2=Cc3ccccc3OC2)C1. The van der Waals surface area contributed by atoms with Gasteiger partial charge >= 0.3 is 5.97 Å². The molecule has 0 aliphatic carbocycles. The van der Waals surface area contributed by atoms with Gasteiger partial charge in [-0.3, -0.25) is 9.59 Å². The van der Waals surface area contributed by atoms with E-state index >= 15 is 0 Å². The molecule has 0 radical (unpaired) electrons. The van der Waals surface area contributed by atoms with Crippen molar-refractivity contribution in [2.75, 3.05) is 19.7 Å². The highest BCUT2D eigenvalue weighted by atomic mass is 16.5. The monoisotopic (exact) mass is 315 g/mol. The number of carbonyl (C=O) groups is 2. The van der Waals surface area contributed by atoms with E-state index in [9.17, 15) is 9.59 Å². The third-order valence-corrected chi connectivity index (χ3v) is 4.48. The number of fused-ring (bicyclic) bond motifs is 1. The Morgan fingerprint density at radius 2 is 2.13 bits per heavy atom.